The van der Waals surface area contributed by atoms with Crippen LogP contribution >= 0.6 is 0 Å². The van der Waals surface area contributed by atoms with Crippen LogP contribution in [0.4, 0.5) is 0 Å². The van der Waals surface area contributed by atoms with E-state index >= 15 is 0 Å². The van der Waals surface area contributed by atoms with Crippen LogP contribution in [0.25, 0.3) is 6.08 Å². The van der Waals surface area contributed by atoms with E-state index in [0.29, 0.717) is 13.2 Å². The van der Waals surface area contributed by atoms with Crippen molar-refractivity contribution in [2.45, 2.75) is 25.9 Å². The van der Waals surface area contributed by atoms with E-state index in [0.717, 1.165) is 11.3 Å². The molecule has 4 nitrogen and oxygen atoms in total. The molecular formula is C16H21NO3. The summed E-state index contributed by atoms with van der Waals surface area (Å²) in [6.07, 6.45) is 3.41. The number of rotatable bonds is 3. The quantitative estimate of drug-likeness (QED) is 0.795. The smallest absolute Gasteiger partial charge is 0.247 e. The van der Waals surface area contributed by atoms with Crippen LogP contribution in [0, 0.1) is 0 Å². The minimum absolute atomic E-state index is 0.0132. The number of para-hydroxylation sites is 1. The van der Waals surface area contributed by atoms with Crippen LogP contribution in [-0.2, 0) is 9.53 Å². The Bertz CT molecular complexity index is 488. The van der Waals surface area contributed by atoms with Gasteiger partial charge in [-0.3, -0.25) is 4.79 Å². The first-order chi connectivity index (χ1) is 9.63. The summed E-state index contributed by atoms with van der Waals surface area (Å²) in [4.78, 5) is 14.2. The zero-order valence-corrected chi connectivity index (χ0v) is 12.2. The molecule has 2 atom stereocenters. The third-order valence-corrected chi connectivity index (χ3v) is 3.47. The van der Waals surface area contributed by atoms with Crippen LogP contribution in [0.1, 0.15) is 19.4 Å². The number of hydrogen-bond donors (Lipinski definition) is 0. The molecule has 20 heavy (non-hydrogen) atoms. The molecule has 1 aliphatic rings. The normalized spacial score (nSPS) is 23.1. The van der Waals surface area contributed by atoms with Gasteiger partial charge in [0.05, 0.1) is 32.4 Å². The summed E-state index contributed by atoms with van der Waals surface area (Å²) in [6, 6.07) is 7.84. The Labute approximate surface area is 120 Å². The number of methoxy groups -OCH3 is 1. The van der Waals surface area contributed by atoms with E-state index in [1.54, 1.807) is 19.3 Å². The Morgan fingerprint density at radius 1 is 1.30 bits per heavy atom. The number of hydrogen-bond acceptors (Lipinski definition) is 3. The predicted octanol–water partition coefficient (Wildman–Crippen LogP) is 2.34. The van der Waals surface area contributed by atoms with E-state index in [9.17, 15) is 4.79 Å². The van der Waals surface area contributed by atoms with Crippen molar-refractivity contribution >= 4 is 12.0 Å². The fourth-order valence-electron chi connectivity index (χ4n) is 2.49. The molecule has 2 rings (SSSR count). The largest absolute Gasteiger partial charge is 0.496 e. The molecule has 108 valence electrons. The standard InChI is InChI=1S/C16H21NO3/c1-12-10-20-11-13(2)17(12)16(18)9-8-14-6-4-5-7-15(14)19-3/h4-9,12-13H,10-11H2,1-3H3/b9-8-/t12-,13-/m1/s1. The highest BCUT2D eigenvalue weighted by atomic mass is 16.5. The van der Waals surface area contributed by atoms with Crippen LogP contribution in [0.2, 0.25) is 0 Å². The maximum absolute atomic E-state index is 12.3. The second-order valence-corrected chi connectivity index (χ2v) is 5.06. The van der Waals surface area contributed by atoms with Gasteiger partial charge in [0.25, 0.3) is 0 Å². The molecule has 0 radical (unpaired) electrons. The molecule has 0 saturated carbocycles. The van der Waals surface area contributed by atoms with Crippen LogP contribution in [0.5, 0.6) is 5.75 Å². The lowest BCUT2D eigenvalue weighted by atomic mass is 10.1. The summed E-state index contributed by atoms with van der Waals surface area (Å²) < 4.78 is 10.7. The van der Waals surface area contributed by atoms with Gasteiger partial charge < -0.3 is 14.4 Å². The molecule has 1 aliphatic heterocycles. The Hall–Kier alpha value is -1.81. The molecule has 1 amide bonds. The van der Waals surface area contributed by atoms with Crippen LogP contribution in [0.3, 0.4) is 0 Å². The predicted molar refractivity (Wildman–Crippen MR) is 78.6 cm³/mol. The van der Waals surface area contributed by atoms with Gasteiger partial charge in [0.2, 0.25) is 5.91 Å². The molecule has 4 heteroatoms. The van der Waals surface area contributed by atoms with Gasteiger partial charge in [0.15, 0.2) is 0 Å². The monoisotopic (exact) mass is 275 g/mol. The highest BCUT2D eigenvalue weighted by molar-refractivity contribution is 5.92. The van der Waals surface area contributed by atoms with E-state index in [1.165, 1.54) is 0 Å². The summed E-state index contributed by atoms with van der Waals surface area (Å²) in [6.45, 7) is 5.20. The molecule has 0 unspecified atom stereocenters. The van der Waals surface area contributed by atoms with E-state index in [2.05, 4.69) is 0 Å². The Morgan fingerprint density at radius 3 is 2.60 bits per heavy atom. The molecule has 1 fully saturated rings. The minimum atomic E-state index is 0.0132. The third-order valence-electron chi connectivity index (χ3n) is 3.47. The maximum Gasteiger partial charge on any atom is 0.247 e. The molecule has 0 aromatic heterocycles. The van der Waals surface area contributed by atoms with Gasteiger partial charge in [0.1, 0.15) is 5.75 Å². The van der Waals surface area contributed by atoms with Crippen molar-refractivity contribution in [1.82, 2.24) is 4.90 Å². The number of ether oxygens (including phenoxy) is 2. The number of amides is 1. The average molecular weight is 275 g/mol. The second-order valence-electron chi connectivity index (χ2n) is 5.06. The van der Waals surface area contributed by atoms with Crippen molar-refractivity contribution in [3.05, 3.63) is 35.9 Å². The molecule has 0 N–H and O–H groups in total. The Kier molecular flexibility index (Phi) is 4.79. The lowest BCUT2D eigenvalue weighted by Gasteiger charge is -2.38. The van der Waals surface area contributed by atoms with Gasteiger partial charge >= 0.3 is 0 Å². The molecule has 1 saturated heterocycles. The van der Waals surface area contributed by atoms with Crippen molar-refractivity contribution < 1.29 is 14.3 Å². The van der Waals surface area contributed by atoms with E-state index in [4.69, 9.17) is 9.47 Å². The zero-order valence-electron chi connectivity index (χ0n) is 12.2. The van der Waals surface area contributed by atoms with Gasteiger partial charge in [-0.25, -0.2) is 0 Å². The summed E-state index contributed by atoms with van der Waals surface area (Å²) in [7, 11) is 1.63. The average Bonchev–Trinajstić information content (AvgIpc) is 2.45. The number of carbonyl (C=O) groups is 1. The lowest BCUT2D eigenvalue weighted by Crippen LogP contribution is -2.51. The summed E-state index contributed by atoms with van der Waals surface area (Å²) in [5, 5.41) is 0. The highest BCUT2D eigenvalue weighted by Gasteiger charge is 2.28. The van der Waals surface area contributed by atoms with Crippen LogP contribution < -0.4 is 4.74 Å². The van der Waals surface area contributed by atoms with Crippen molar-refractivity contribution in [2.24, 2.45) is 0 Å². The van der Waals surface area contributed by atoms with Gasteiger partial charge in [0, 0.05) is 11.6 Å². The SMILES string of the molecule is COc1ccccc1/C=C\C(=O)N1[C@H](C)COC[C@H]1C. The van der Waals surface area contributed by atoms with Crippen molar-refractivity contribution in [3.8, 4) is 5.75 Å². The number of nitrogens with zero attached hydrogens (tertiary/aromatic N) is 1. The Balaban J connectivity index is 2.12. The van der Waals surface area contributed by atoms with Crippen molar-refractivity contribution in [2.75, 3.05) is 20.3 Å². The van der Waals surface area contributed by atoms with Crippen molar-refractivity contribution in [3.63, 3.8) is 0 Å². The Morgan fingerprint density at radius 2 is 1.95 bits per heavy atom. The molecule has 1 aromatic carbocycles. The first-order valence-electron chi connectivity index (χ1n) is 6.84. The summed E-state index contributed by atoms with van der Waals surface area (Å²) in [5.74, 6) is 0.777. The zero-order chi connectivity index (χ0) is 14.5. The topological polar surface area (TPSA) is 38.8 Å². The molecule has 0 bridgehead atoms. The maximum atomic E-state index is 12.3. The lowest BCUT2D eigenvalue weighted by molar-refractivity contribution is -0.138. The van der Waals surface area contributed by atoms with Crippen LogP contribution in [0.15, 0.2) is 30.3 Å². The molecular weight excluding hydrogens is 254 g/mol. The van der Waals surface area contributed by atoms with E-state index in [1.807, 2.05) is 43.0 Å². The number of benzene rings is 1. The first-order valence-corrected chi connectivity index (χ1v) is 6.84. The van der Waals surface area contributed by atoms with E-state index in [-0.39, 0.29) is 18.0 Å². The van der Waals surface area contributed by atoms with Gasteiger partial charge in [-0.05, 0) is 26.0 Å². The third kappa shape index (κ3) is 3.20. The van der Waals surface area contributed by atoms with Gasteiger partial charge in [-0.15, -0.1) is 0 Å². The number of morpholine rings is 1. The van der Waals surface area contributed by atoms with Crippen molar-refractivity contribution in [1.29, 1.82) is 0 Å². The summed E-state index contributed by atoms with van der Waals surface area (Å²) in [5.41, 5.74) is 0.900. The molecule has 0 aliphatic carbocycles. The second kappa shape index (κ2) is 6.57. The van der Waals surface area contributed by atoms with Gasteiger partial charge in [-0.1, -0.05) is 18.2 Å². The molecule has 1 aromatic rings. The fraction of sp³-hybridized carbons (Fsp3) is 0.438. The highest BCUT2D eigenvalue weighted by Crippen LogP contribution is 2.19. The number of carbonyl (C=O) groups excluding carboxylic acids is 1. The molecule has 0 spiro atoms. The minimum Gasteiger partial charge on any atom is -0.496 e. The first kappa shape index (κ1) is 14.6. The summed E-state index contributed by atoms with van der Waals surface area (Å²) >= 11 is 0. The van der Waals surface area contributed by atoms with Crippen LogP contribution in [-0.4, -0.2) is 43.2 Å². The fourth-order valence-corrected chi connectivity index (χ4v) is 2.49. The van der Waals surface area contributed by atoms with E-state index < -0.39 is 0 Å². The molecule has 1 heterocycles. The van der Waals surface area contributed by atoms with Gasteiger partial charge in [-0.2, -0.15) is 0 Å².